The number of carbonyl (C=O) groups excluding carboxylic acids is 1. The molecule has 3 rings (SSSR count). The van der Waals surface area contributed by atoms with E-state index in [2.05, 4.69) is 10.4 Å². The molecule has 1 N–H and O–H groups in total. The Morgan fingerprint density at radius 2 is 1.87 bits per heavy atom. The molecule has 31 heavy (non-hydrogen) atoms. The molecule has 0 bridgehead atoms. The monoisotopic (exact) mass is 416 g/mol. The maximum Gasteiger partial charge on any atom is 0.266 e. The number of nitriles is 1. The molecule has 158 valence electrons. The van der Waals surface area contributed by atoms with Crippen molar-refractivity contribution in [1.29, 1.82) is 5.26 Å². The number of ether oxygens (including phenoxy) is 2. The Bertz CT molecular complexity index is 1150. The van der Waals surface area contributed by atoms with Crippen molar-refractivity contribution in [2.24, 2.45) is 0 Å². The Balaban J connectivity index is 1.84. The summed E-state index contributed by atoms with van der Waals surface area (Å²) in [7, 11) is 3.18. The molecule has 0 spiro atoms. The highest BCUT2D eigenvalue weighted by atomic mass is 16.5. The summed E-state index contributed by atoms with van der Waals surface area (Å²) in [5, 5.41) is 16.7. The summed E-state index contributed by atoms with van der Waals surface area (Å²) in [6.45, 7) is 4.46. The number of aryl methyl sites for hydroxylation is 2. The fourth-order valence-electron chi connectivity index (χ4n) is 3.20. The fourth-order valence-corrected chi connectivity index (χ4v) is 3.20. The molecule has 1 amide bonds. The van der Waals surface area contributed by atoms with E-state index in [0.717, 1.165) is 22.5 Å². The number of amides is 1. The van der Waals surface area contributed by atoms with E-state index in [1.807, 2.05) is 48.9 Å². The Hall–Kier alpha value is -4.05. The van der Waals surface area contributed by atoms with Gasteiger partial charge in [0.25, 0.3) is 5.91 Å². The van der Waals surface area contributed by atoms with Gasteiger partial charge in [-0.3, -0.25) is 9.48 Å². The molecule has 3 aromatic rings. The zero-order valence-electron chi connectivity index (χ0n) is 18.0. The number of hydrogen-bond acceptors (Lipinski definition) is 5. The molecule has 0 aliphatic heterocycles. The highest BCUT2D eigenvalue weighted by Gasteiger charge is 2.12. The first-order valence-corrected chi connectivity index (χ1v) is 9.68. The third-order valence-corrected chi connectivity index (χ3v) is 4.75. The van der Waals surface area contributed by atoms with Crippen LogP contribution in [0.4, 0.5) is 5.69 Å². The van der Waals surface area contributed by atoms with E-state index >= 15 is 0 Å². The molecule has 7 nitrogen and oxygen atoms in total. The summed E-state index contributed by atoms with van der Waals surface area (Å²) in [5.41, 5.74) is 4.17. The largest absolute Gasteiger partial charge is 0.497 e. The third-order valence-electron chi connectivity index (χ3n) is 4.75. The number of nitrogens with zero attached hydrogens (tertiary/aromatic N) is 3. The number of anilines is 1. The summed E-state index contributed by atoms with van der Waals surface area (Å²) in [5.74, 6) is 0.914. The van der Waals surface area contributed by atoms with Crippen LogP contribution in [0.15, 0.2) is 54.1 Å². The first kappa shape index (κ1) is 21.7. The Kier molecular flexibility index (Phi) is 6.73. The van der Waals surface area contributed by atoms with Crippen LogP contribution in [-0.2, 0) is 11.3 Å². The molecule has 0 aliphatic carbocycles. The van der Waals surface area contributed by atoms with Crippen molar-refractivity contribution in [1.82, 2.24) is 9.78 Å². The van der Waals surface area contributed by atoms with Crippen molar-refractivity contribution < 1.29 is 14.3 Å². The predicted octanol–water partition coefficient (Wildman–Crippen LogP) is 4.11. The Morgan fingerprint density at radius 1 is 1.13 bits per heavy atom. The third kappa shape index (κ3) is 5.31. The van der Waals surface area contributed by atoms with E-state index in [0.29, 0.717) is 23.7 Å². The van der Waals surface area contributed by atoms with Crippen LogP contribution in [0.2, 0.25) is 0 Å². The molecular weight excluding hydrogens is 392 g/mol. The number of nitrogens with one attached hydrogen (secondary N) is 1. The summed E-state index contributed by atoms with van der Waals surface area (Å²) < 4.78 is 12.5. The molecule has 2 aromatic carbocycles. The summed E-state index contributed by atoms with van der Waals surface area (Å²) in [4.78, 5) is 12.6. The van der Waals surface area contributed by atoms with Crippen LogP contribution in [-0.4, -0.2) is 29.9 Å². The van der Waals surface area contributed by atoms with Crippen LogP contribution in [0.3, 0.4) is 0 Å². The number of benzene rings is 2. The lowest BCUT2D eigenvalue weighted by molar-refractivity contribution is -0.112. The summed E-state index contributed by atoms with van der Waals surface area (Å²) in [6.07, 6.45) is 1.56. The number of carbonyl (C=O) groups is 1. The van der Waals surface area contributed by atoms with Gasteiger partial charge in [-0.15, -0.1) is 0 Å². The summed E-state index contributed by atoms with van der Waals surface area (Å²) in [6, 6.07) is 16.4. The molecule has 0 atom stereocenters. The van der Waals surface area contributed by atoms with Crippen LogP contribution in [0.1, 0.15) is 22.5 Å². The average molecular weight is 416 g/mol. The second kappa shape index (κ2) is 9.63. The predicted molar refractivity (Wildman–Crippen MR) is 119 cm³/mol. The first-order valence-electron chi connectivity index (χ1n) is 9.68. The van der Waals surface area contributed by atoms with Gasteiger partial charge >= 0.3 is 0 Å². The molecule has 0 saturated carbocycles. The Morgan fingerprint density at radius 3 is 2.45 bits per heavy atom. The van der Waals surface area contributed by atoms with Crippen LogP contribution >= 0.6 is 0 Å². The molecular formula is C24H24N4O3. The molecule has 7 heteroatoms. The minimum Gasteiger partial charge on any atom is -0.497 e. The molecule has 0 unspecified atom stereocenters. The fraction of sp³-hybridized carbons (Fsp3) is 0.208. The van der Waals surface area contributed by atoms with Crippen molar-refractivity contribution >= 4 is 17.7 Å². The van der Waals surface area contributed by atoms with Crippen molar-refractivity contribution in [3.05, 3.63) is 76.6 Å². The first-order chi connectivity index (χ1) is 14.9. The van der Waals surface area contributed by atoms with Crippen molar-refractivity contribution in [2.45, 2.75) is 20.4 Å². The van der Waals surface area contributed by atoms with Gasteiger partial charge in [0.2, 0.25) is 0 Å². The van der Waals surface area contributed by atoms with Gasteiger partial charge in [-0.1, -0.05) is 6.07 Å². The van der Waals surface area contributed by atoms with E-state index in [9.17, 15) is 10.1 Å². The van der Waals surface area contributed by atoms with E-state index in [-0.39, 0.29) is 5.57 Å². The number of methoxy groups -OCH3 is 2. The van der Waals surface area contributed by atoms with E-state index in [1.165, 1.54) is 0 Å². The summed E-state index contributed by atoms with van der Waals surface area (Å²) >= 11 is 0. The van der Waals surface area contributed by atoms with Gasteiger partial charge in [-0.2, -0.15) is 10.4 Å². The van der Waals surface area contributed by atoms with Crippen molar-refractivity contribution in [3.8, 4) is 17.6 Å². The second-order valence-corrected chi connectivity index (χ2v) is 7.01. The second-order valence-electron chi connectivity index (χ2n) is 7.01. The molecule has 0 aliphatic rings. The smallest absolute Gasteiger partial charge is 0.266 e. The lowest BCUT2D eigenvalue weighted by atomic mass is 10.1. The highest BCUT2D eigenvalue weighted by Crippen LogP contribution is 2.23. The van der Waals surface area contributed by atoms with Gasteiger partial charge in [0.05, 0.1) is 26.5 Å². The van der Waals surface area contributed by atoms with Crippen LogP contribution in [0, 0.1) is 25.2 Å². The lowest BCUT2D eigenvalue weighted by Crippen LogP contribution is -2.13. The SMILES string of the molecule is COc1ccc(NC(=O)C(C#N)=Cc2ccc(OC)c(Cn3nc(C)cc3C)c2)cc1. The topological polar surface area (TPSA) is 89.2 Å². The van der Waals surface area contributed by atoms with Gasteiger partial charge in [-0.05, 0) is 68.0 Å². The maximum atomic E-state index is 12.6. The van der Waals surface area contributed by atoms with E-state index < -0.39 is 5.91 Å². The van der Waals surface area contributed by atoms with E-state index in [4.69, 9.17) is 9.47 Å². The van der Waals surface area contributed by atoms with Gasteiger partial charge < -0.3 is 14.8 Å². The van der Waals surface area contributed by atoms with Gasteiger partial charge in [0.15, 0.2) is 0 Å². The average Bonchev–Trinajstić information content (AvgIpc) is 3.09. The Labute approximate surface area is 181 Å². The molecule has 1 heterocycles. The van der Waals surface area contributed by atoms with Crippen LogP contribution < -0.4 is 14.8 Å². The minimum atomic E-state index is -0.483. The minimum absolute atomic E-state index is 0.00181. The molecule has 0 radical (unpaired) electrons. The highest BCUT2D eigenvalue weighted by molar-refractivity contribution is 6.09. The zero-order valence-corrected chi connectivity index (χ0v) is 18.0. The van der Waals surface area contributed by atoms with Gasteiger partial charge in [0, 0.05) is 16.9 Å². The lowest BCUT2D eigenvalue weighted by Gasteiger charge is -2.11. The molecule has 0 saturated heterocycles. The number of hydrogen-bond donors (Lipinski definition) is 1. The van der Waals surface area contributed by atoms with Crippen molar-refractivity contribution in [3.63, 3.8) is 0 Å². The number of rotatable bonds is 7. The normalized spacial score (nSPS) is 11.0. The van der Waals surface area contributed by atoms with E-state index in [1.54, 1.807) is 44.6 Å². The van der Waals surface area contributed by atoms with Gasteiger partial charge in [0.1, 0.15) is 23.1 Å². The van der Waals surface area contributed by atoms with Crippen molar-refractivity contribution in [2.75, 3.05) is 19.5 Å². The zero-order chi connectivity index (χ0) is 22.4. The van der Waals surface area contributed by atoms with Crippen LogP contribution in [0.5, 0.6) is 11.5 Å². The maximum absolute atomic E-state index is 12.6. The standard InChI is InChI=1S/C24H24N4O3/c1-16-11-17(2)28(27-16)15-20-13-18(5-10-23(20)31-4)12-19(14-25)24(29)26-21-6-8-22(30-3)9-7-21/h5-13H,15H2,1-4H3,(H,26,29). The van der Waals surface area contributed by atoms with Crippen LogP contribution in [0.25, 0.3) is 6.08 Å². The van der Waals surface area contributed by atoms with Gasteiger partial charge in [-0.25, -0.2) is 0 Å². The molecule has 1 aromatic heterocycles. The molecule has 0 fully saturated rings. The quantitative estimate of drug-likeness (QED) is 0.462. The number of aromatic nitrogens is 2.